The lowest BCUT2D eigenvalue weighted by molar-refractivity contribution is -0.140. The Morgan fingerprint density at radius 3 is 2.44 bits per heavy atom. The molecule has 98 valence electrons. The smallest absolute Gasteiger partial charge is 0.311 e. The number of hydrogen-bond acceptors (Lipinski definition) is 1. The summed E-state index contributed by atoms with van der Waals surface area (Å²) in [5, 5.41) is 9.27. The monoisotopic (exact) mass is 318 g/mol. The molecular formula is C13H13BrF2O2. The van der Waals surface area contributed by atoms with Crippen LogP contribution in [0, 0.1) is 5.92 Å². The Kier molecular flexibility index (Phi) is 3.71. The van der Waals surface area contributed by atoms with E-state index in [-0.39, 0.29) is 19.3 Å². The molecule has 1 aliphatic rings. The van der Waals surface area contributed by atoms with Crippen LogP contribution in [0.3, 0.4) is 0 Å². The fraction of sp³-hybridized carbons (Fsp3) is 0.462. The van der Waals surface area contributed by atoms with Gasteiger partial charge in [0.25, 0.3) is 0 Å². The van der Waals surface area contributed by atoms with Crippen LogP contribution in [-0.2, 0) is 4.79 Å². The van der Waals surface area contributed by atoms with E-state index in [9.17, 15) is 18.7 Å². The van der Waals surface area contributed by atoms with Crippen LogP contribution in [0.2, 0.25) is 0 Å². The van der Waals surface area contributed by atoms with Crippen molar-refractivity contribution in [3.05, 3.63) is 34.3 Å². The molecule has 0 aliphatic heterocycles. The van der Waals surface area contributed by atoms with Gasteiger partial charge in [-0.1, -0.05) is 28.1 Å². The van der Waals surface area contributed by atoms with Crippen LogP contribution in [0.4, 0.5) is 8.78 Å². The van der Waals surface area contributed by atoms with Crippen molar-refractivity contribution in [1.29, 1.82) is 0 Å². The third-order valence-electron chi connectivity index (χ3n) is 3.41. The van der Waals surface area contributed by atoms with Gasteiger partial charge in [-0.15, -0.1) is 0 Å². The zero-order valence-electron chi connectivity index (χ0n) is 9.57. The summed E-state index contributed by atoms with van der Waals surface area (Å²) in [4.78, 5) is 11.3. The maximum atomic E-state index is 13.2. The van der Waals surface area contributed by atoms with E-state index < -0.39 is 23.7 Å². The first kappa shape index (κ1) is 13.5. The largest absolute Gasteiger partial charge is 0.481 e. The number of carboxylic acids is 1. The van der Waals surface area contributed by atoms with Crippen LogP contribution in [0.5, 0.6) is 0 Å². The Bertz CT molecular complexity index is 445. The highest BCUT2D eigenvalue weighted by molar-refractivity contribution is 9.10. The molecule has 2 rings (SSSR count). The maximum Gasteiger partial charge on any atom is 0.311 e. The second-order valence-electron chi connectivity index (χ2n) is 4.73. The second-order valence-corrected chi connectivity index (χ2v) is 5.64. The summed E-state index contributed by atoms with van der Waals surface area (Å²) in [5.41, 5.74) is 0.591. The average molecular weight is 319 g/mol. The lowest BCUT2D eigenvalue weighted by atomic mass is 9.85. The Morgan fingerprint density at radius 2 is 2.00 bits per heavy atom. The molecule has 2 atom stereocenters. The number of carbonyl (C=O) groups is 1. The Balaban J connectivity index is 2.24. The van der Waals surface area contributed by atoms with Gasteiger partial charge in [0.15, 0.2) is 0 Å². The highest BCUT2D eigenvalue weighted by atomic mass is 79.9. The molecule has 1 saturated carbocycles. The van der Waals surface area contributed by atoms with Crippen molar-refractivity contribution >= 4 is 21.9 Å². The van der Waals surface area contributed by atoms with E-state index in [1.165, 1.54) is 0 Å². The summed E-state index contributed by atoms with van der Waals surface area (Å²) in [7, 11) is 0. The number of rotatable bonds is 3. The first-order valence-corrected chi connectivity index (χ1v) is 6.54. The zero-order valence-corrected chi connectivity index (χ0v) is 11.2. The van der Waals surface area contributed by atoms with Crippen molar-refractivity contribution in [2.45, 2.75) is 31.1 Å². The van der Waals surface area contributed by atoms with E-state index in [0.717, 1.165) is 4.47 Å². The first-order valence-electron chi connectivity index (χ1n) is 5.75. The maximum absolute atomic E-state index is 13.2. The Hall–Kier alpha value is -0.970. The summed E-state index contributed by atoms with van der Waals surface area (Å²) in [6.45, 7) is 0. The van der Waals surface area contributed by atoms with Gasteiger partial charge in [-0.05, 0) is 30.0 Å². The van der Waals surface area contributed by atoms with Crippen LogP contribution in [0.25, 0.3) is 0 Å². The molecule has 0 amide bonds. The molecule has 1 N–H and O–H groups in total. The van der Waals surface area contributed by atoms with Crippen molar-refractivity contribution in [3.8, 4) is 0 Å². The van der Waals surface area contributed by atoms with Crippen LogP contribution < -0.4 is 0 Å². The standard InChI is InChI=1S/C13H13BrF2O2/c14-10-3-1-8(2-4-10)11(12(17)18)9-5-6-13(15,16)7-9/h1-4,9,11H,5-7H2,(H,17,18). The summed E-state index contributed by atoms with van der Waals surface area (Å²) in [6.07, 6.45) is -0.280. The summed E-state index contributed by atoms with van der Waals surface area (Å²) in [5.74, 6) is -5.07. The molecule has 0 radical (unpaired) electrons. The number of aliphatic carboxylic acids is 1. The van der Waals surface area contributed by atoms with Gasteiger partial charge in [0.2, 0.25) is 5.92 Å². The molecule has 5 heteroatoms. The predicted octanol–water partition coefficient (Wildman–Crippen LogP) is 4.05. The van der Waals surface area contributed by atoms with Crippen molar-refractivity contribution in [2.24, 2.45) is 5.92 Å². The topological polar surface area (TPSA) is 37.3 Å². The summed E-state index contributed by atoms with van der Waals surface area (Å²) < 4.78 is 27.2. The molecular weight excluding hydrogens is 306 g/mol. The molecule has 1 aliphatic carbocycles. The van der Waals surface area contributed by atoms with E-state index in [1.54, 1.807) is 24.3 Å². The summed E-state index contributed by atoms with van der Waals surface area (Å²) >= 11 is 3.27. The number of carboxylic acid groups (broad SMARTS) is 1. The van der Waals surface area contributed by atoms with Crippen LogP contribution >= 0.6 is 15.9 Å². The molecule has 0 spiro atoms. The minimum Gasteiger partial charge on any atom is -0.481 e. The van der Waals surface area contributed by atoms with Crippen molar-refractivity contribution in [1.82, 2.24) is 0 Å². The Morgan fingerprint density at radius 1 is 1.39 bits per heavy atom. The lowest BCUT2D eigenvalue weighted by Crippen LogP contribution is -2.21. The molecule has 0 saturated heterocycles. The lowest BCUT2D eigenvalue weighted by Gasteiger charge is -2.20. The van der Waals surface area contributed by atoms with Gasteiger partial charge in [0, 0.05) is 17.3 Å². The van der Waals surface area contributed by atoms with E-state index >= 15 is 0 Å². The molecule has 2 nitrogen and oxygen atoms in total. The molecule has 1 aromatic carbocycles. The highest BCUT2D eigenvalue weighted by Gasteiger charge is 2.44. The minimum absolute atomic E-state index is 0.210. The summed E-state index contributed by atoms with van der Waals surface area (Å²) in [6, 6.07) is 6.83. The van der Waals surface area contributed by atoms with Gasteiger partial charge < -0.3 is 5.11 Å². The third kappa shape index (κ3) is 2.88. The van der Waals surface area contributed by atoms with Crippen molar-refractivity contribution < 1.29 is 18.7 Å². The van der Waals surface area contributed by atoms with Gasteiger partial charge in [-0.3, -0.25) is 4.79 Å². The number of hydrogen-bond donors (Lipinski definition) is 1. The number of benzene rings is 1. The third-order valence-corrected chi connectivity index (χ3v) is 3.94. The van der Waals surface area contributed by atoms with E-state index in [4.69, 9.17) is 0 Å². The quantitative estimate of drug-likeness (QED) is 0.912. The fourth-order valence-electron chi connectivity index (χ4n) is 2.56. The Labute approximate surface area is 112 Å². The highest BCUT2D eigenvalue weighted by Crippen LogP contribution is 2.45. The molecule has 0 bridgehead atoms. The van der Waals surface area contributed by atoms with Crippen LogP contribution in [-0.4, -0.2) is 17.0 Å². The first-order chi connectivity index (χ1) is 8.39. The predicted molar refractivity (Wildman–Crippen MR) is 66.8 cm³/mol. The SMILES string of the molecule is O=C(O)C(c1ccc(Br)cc1)C1CCC(F)(F)C1. The molecule has 0 aromatic heterocycles. The van der Waals surface area contributed by atoms with Crippen molar-refractivity contribution in [2.75, 3.05) is 0 Å². The number of halogens is 3. The van der Waals surface area contributed by atoms with Gasteiger partial charge in [-0.2, -0.15) is 0 Å². The minimum atomic E-state index is -2.71. The normalized spacial score (nSPS) is 23.8. The van der Waals surface area contributed by atoms with Crippen LogP contribution in [0.15, 0.2) is 28.7 Å². The zero-order chi connectivity index (χ0) is 13.3. The molecule has 18 heavy (non-hydrogen) atoms. The van der Waals surface area contributed by atoms with Gasteiger partial charge in [0.05, 0.1) is 5.92 Å². The van der Waals surface area contributed by atoms with Crippen molar-refractivity contribution in [3.63, 3.8) is 0 Å². The van der Waals surface area contributed by atoms with Gasteiger partial charge in [0.1, 0.15) is 0 Å². The number of alkyl halides is 2. The van der Waals surface area contributed by atoms with E-state index in [0.29, 0.717) is 5.56 Å². The molecule has 0 heterocycles. The molecule has 1 aromatic rings. The van der Waals surface area contributed by atoms with Gasteiger partial charge >= 0.3 is 5.97 Å². The molecule has 1 fully saturated rings. The second kappa shape index (κ2) is 4.96. The fourth-order valence-corrected chi connectivity index (χ4v) is 2.82. The van der Waals surface area contributed by atoms with Gasteiger partial charge in [-0.25, -0.2) is 8.78 Å². The average Bonchev–Trinajstić information content (AvgIpc) is 2.61. The van der Waals surface area contributed by atoms with E-state index in [2.05, 4.69) is 15.9 Å². The van der Waals surface area contributed by atoms with Crippen LogP contribution in [0.1, 0.15) is 30.7 Å². The molecule has 2 unspecified atom stereocenters. The van der Waals surface area contributed by atoms with E-state index in [1.807, 2.05) is 0 Å².